The fourth-order valence-electron chi connectivity index (χ4n) is 0.727. The Morgan fingerprint density at radius 1 is 0.500 bits per heavy atom. The van der Waals surface area contributed by atoms with Gasteiger partial charge in [-0.3, -0.25) is 0 Å². The number of hydrogen-bond acceptors (Lipinski definition) is 3. The molecule has 16 heavy (non-hydrogen) atoms. The molecular weight excluding hydrogens is 267 g/mol. The maximum atomic E-state index is 5.89. The van der Waals surface area contributed by atoms with Gasteiger partial charge in [-0.2, -0.15) is 0 Å². The predicted octanol–water partition coefficient (Wildman–Crippen LogP) is 3.42. The van der Waals surface area contributed by atoms with Gasteiger partial charge in [-0.1, -0.05) is 0 Å². The zero-order chi connectivity index (χ0) is 13.2. The Balaban J connectivity index is 4.53. The summed E-state index contributed by atoms with van der Waals surface area (Å²) in [6, 6.07) is 0. The minimum atomic E-state index is -2.18. The van der Waals surface area contributed by atoms with E-state index in [2.05, 4.69) is 0 Å². The molecule has 0 rings (SSSR count). The molecule has 0 fully saturated rings. The zero-order valence-corrected chi connectivity index (χ0v) is 14.0. The Morgan fingerprint density at radius 3 is 0.812 bits per heavy atom. The molecule has 0 amide bonds. The third kappa shape index (κ3) is 10.9. The van der Waals surface area contributed by atoms with Gasteiger partial charge in [-0.25, -0.2) is 0 Å². The van der Waals surface area contributed by atoms with E-state index in [4.69, 9.17) is 11.2 Å². The Hall–Kier alpha value is 0.438. The van der Waals surface area contributed by atoms with Gasteiger partial charge in [0.2, 0.25) is 0 Å². The molecule has 0 unspecified atom stereocenters. The fraction of sp³-hybridized carbons (Fsp3) is 1.00. The predicted molar refractivity (Wildman–Crippen MR) is 68.3 cm³/mol. The van der Waals surface area contributed by atoms with Crippen molar-refractivity contribution >= 4 is 15.7 Å². The second-order valence-electron chi connectivity index (χ2n) is 6.83. The molecule has 0 aliphatic rings. The van der Waals surface area contributed by atoms with Crippen molar-refractivity contribution in [1.82, 2.24) is 0 Å². The van der Waals surface area contributed by atoms with Crippen LogP contribution in [0.15, 0.2) is 0 Å². The van der Waals surface area contributed by atoms with Gasteiger partial charge in [-0.05, 0) is 0 Å². The van der Waals surface area contributed by atoms with E-state index in [-0.39, 0.29) is 16.8 Å². The van der Waals surface area contributed by atoms with E-state index in [9.17, 15) is 0 Å². The summed E-state index contributed by atoms with van der Waals surface area (Å²) in [6.45, 7) is 18.2. The van der Waals surface area contributed by atoms with Crippen molar-refractivity contribution in [2.24, 2.45) is 0 Å². The molecule has 0 aliphatic carbocycles. The summed E-state index contributed by atoms with van der Waals surface area (Å²) in [5, 5.41) is 0. The third-order valence-electron chi connectivity index (χ3n) is 1.05. The van der Waals surface area contributed by atoms with Crippen molar-refractivity contribution in [3.8, 4) is 0 Å². The molecule has 0 bridgehead atoms. The molecule has 4 heteroatoms. The maximum absolute atomic E-state index is 5.89. The number of hydrogen-bond donors (Lipinski definition) is 0. The Morgan fingerprint density at radius 2 is 0.688 bits per heavy atom. The van der Waals surface area contributed by atoms with E-state index in [0.717, 1.165) is 0 Å². The van der Waals surface area contributed by atoms with E-state index in [1.54, 1.807) is 0 Å². The molecule has 0 saturated carbocycles. The summed E-state index contributed by atoms with van der Waals surface area (Å²) in [5.74, 6) is 0. The molecule has 0 atom stereocenters. The Labute approximate surface area is 106 Å². The van der Waals surface area contributed by atoms with Crippen molar-refractivity contribution in [3.05, 3.63) is 0 Å². The summed E-state index contributed by atoms with van der Waals surface area (Å²) < 4.78 is 17.7. The first kappa shape index (κ1) is 16.4. The quantitative estimate of drug-likeness (QED) is 0.747. The van der Waals surface area contributed by atoms with Crippen LogP contribution < -0.4 is 0 Å². The molecule has 0 radical (unpaired) electrons. The van der Waals surface area contributed by atoms with Gasteiger partial charge >= 0.3 is 106 Å². The molecule has 98 valence electrons. The van der Waals surface area contributed by atoms with E-state index in [0.29, 0.717) is 0 Å². The number of rotatable bonds is 3. The molecule has 0 N–H and O–H groups in total. The third-order valence-corrected chi connectivity index (χ3v) is 5.43. The van der Waals surface area contributed by atoms with Crippen molar-refractivity contribution in [2.75, 3.05) is 0 Å². The van der Waals surface area contributed by atoms with Gasteiger partial charge in [0.1, 0.15) is 0 Å². The van der Waals surface area contributed by atoms with Gasteiger partial charge < -0.3 is 0 Å². The summed E-state index contributed by atoms with van der Waals surface area (Å²) in [5.41, 5.74) is -0.677. The van der Waals surface area contributed by atoms with E-state index in [1.807, 2.05) is 62.3 Å². The molecule has 0 aromatic heterocycles. The van der Waals surface area contributed by atoms with E-state index in [1.165, 1.54) is 0 Å². The monoisotopic (exact) mass is 294 g/mol. The van der Waals surface area contributed by atoms with Crippen molar-refractivity contribution in [3.63, 3.8) is 0 Å². The Kier molecular flexibility index (Phi) is 5.54. The van der Waals surface area contributed by atoms with Crippen LogP contribution in [-0.4, -0.2) is 32.5 Å². The molecular formula is C12H27AsO3. The summed E-state index contributed by atoms with van der Waals surface area (Å²) >= 11 is -2.18. The SMILES string of the molecule is CC(C)(C)O[As](OC(C)(C)C)OC(C)(C)C. The average molecular weight is 294 g/mol. The standard InChI is InChI=1S/C12H27AsO3/c1-10(2,3)14-13(15-11(4,5)6)16-12(7,8)9/h1-9H3. The van der Waals surface area contributed by atoms with Crippen molar-refractivity contribution in [1.29, 1.82) is 0 Å². The van der Waals surface area contributed by atoms with Crippen molar-refractivity contribution < 1.29 is 11.2 Å². The van der Waals surface area contributed by atoms with Crippen LogP contribution >= 0.6 is 0 Å². The molecule has 3 nitrogen and oxygen atoms in total. The van der Waals surface area contributed by atoms with Gasteiger partial charge in [0.25, 0.3) is 0 Å². The van der Waals surface area contributed by atoms with Gasteiger partial charge in [0.05, 0.1) is 0 Å². The average Bonchev–Trinajstić information content (AvgIpc) is 1.70. The zero-order valence-electron chi connectivity index (χ0n) is 12.2. The van der Waals surface area contributed by atoms with Crippen LogP contribution in [0.3, 0.4) is 0 Å². The van der Waals surface area contributed by atoms with E-state index < -0.39 is 15.7 Å². The molecule has 0 spiro atoms. The first-order valence-electron chi connectivity index (χ1n) is 5.66. The first-order valence-corrected chi connectivity index (χ1v) is 7.96. The van der Waals surface area contributed by atoms with Crippen LogP contribution in [0.4, 0.5) is 0 Å². The second kappa shape index (κ2) is 5.39. The molecule has 0 saturated heterocycles. The molecule has 0 heterocycles. The summed E-state index contributed by atoms with van der Waals surface area (Å²) in [7, 11) is 0. The van der Waals surface area contributed by atoms with Crippen LogP contribution in [-0.2, 0) is 11.2 Å². The van der Waals surface area contributed by atoms with Crippen LogP contribution in [0.2, 0.25) is 0 Å². The molecule has 0 aromatic rings. The summed E-state index contributed by atoms with van der Waals surface area (Å²) in [4.78, 5) is 0. The second-order valence-corrected chi connectivity index (χ2v) is 8.92. The molecule has 0 aromatic carbocycles. The van der Waals surface area contributed by atoms with Gasteiger partial charge in [0.15, 0.2) is 0 Å². The van der Waals surface area contributed by atoms with Crippen molar-refractivity contribution in [2.45, 2.75) is 79.1 Å². The van der Waals surface area contributed by atoms with Crippen LogP contribution in [0.1, 0.15) is 62.3 Å². The van der Waals surface area contributed by atoms with Crippen LogP contribution in [0.25, 0.3) is 0 Å². The van der Waals surface area contributed by atoms with Gasteiger partial charge in [0, 0.05) is 0 Å². The van der Waals surface area contributed by atoms with E-state index >= 15 is 0 Å². The first-order chi connectivity index (χ1) is 6.79. The van der Waals surface area contributed by atoms with Crippen LogP contribution in [0, 0.1) is 0 Å². The minimum absolute atomic E-state index is 0.226. The fourth-order valence-corrected chi connectivity index (χ4v) is 3.78. The molecule has 0 aliphatic heterocycles. The normalized spacial score (nSPS) is 14.6. The van der Waals surface area contributed by atoms with Gasteiger partial charge in [-0.15, -0.1) is 0 Å². The summed E-state index contributed by atoms with van der Waals surface area (Å²) in [6.07, 6.45) is 0. The topological polar surface area (TPSA) is 27.7 Å². The Bertz CT molecular complexity index is 170. The van der Waals surface area contributed by atoms with Crippen LogP contribution in [0.5, 0.6) is 0 Å².